The highest BCUT2D eigenvalue weighted by atomic mass is 32.1. The molecule has 0 aliphatic heterocycles. The van der Waals surface area contributed by atoms with E-state index in [1.54, 1.807) is 11.3 Å². The van der Waals surface area contributed by atoms with E-state index in [0.29, 0.717) is 0 Å². The van der Waals surface area contributed by atoms with Crippen molar-refractivity contribution < 1.29 is 0 Å². The lowest BCUT2D eigenvalue weighted by molar-refractivity contribution is 0.418. The third-order valence-corrected chi connectivity index (χ3v) is 4.29. The molecule has 0 saturated heterocycles. The SMILES string of the molecule is CCC(N)(CC)CNc1nc2ccccc2s1. The summed E-state index contributed by atoms with van der Waals surface area (Å²) in [6, 6.07) is 8.17. The summed E-state index contributed by atoms with van der Waals surface area (Å²) in [5, 5.41) is 4.32. The number of thiazole rings is 1. The van der Waals surface area contributed by atoms with Crippen LogP contribution in [0.15, 0.2) is 24.3 Å². The van der Waals surface area contributed by atoms with Gasteiger partial charge < -0.3 is 11.1 Å². The number of benzene rings is 1. The average Bonchev–Trinajstić information content (AvgIpc) is 2.79. The number of hydrogen-bond donors (Lipinski definition) is 2. The Kier molecular flexibility index (Phi) is 3.64. The van der Waals surface area contributed by atoms with Gasteiger partial charge in [0.2, 0.25) is 0 Å². The zero-order chi connectivity index (χ0) is 12.3. The molecule has 0 aliphatic carbocycles. The van der Waals surface area contributed by atoms with Crippen LogP contribution in [0.5, 0.6) is 0 Å². The van der Waals surface area contributed by atoms with Crippen molar-refractivity contribution in [3.8, 4) is 0 Å². The summed E-state index contributed by atoms with van der Waals surface area (Å²) in [6.45, 7) is 5.03. The van der Waals surface area contributed by atoms with Crippen molar-refractivity contribution in [2.45, 2.75) is 32.2 Å². The predicted molar refractivity (Wildman–Crippen MR) is 75.6 cm³/mol. The van der Waals surface area contributed by atoms with Crippen molar-refractivity contribution in [2.24, 2.45) is 5.73 Å². The maximum atomic E-state index is 6.25. The van der Waals surface area contributed by atoms with Gasteiger partial charge in [0.25, 0.3) is 0 Å². The highest BCUT2D eigenvalue weighted by Gasteiger charge is 2.20. The molecule has 0 amide bonds. The van der Waals surface area contributed by atoms with Crippen molar-refractivity contribution in [1.82, 2.24) is 4.98 Å². The number of aromatic nitrogens is 1. The first-order chi connectivity index (χ1) is 8.17. The van der Waals surface area contributed by atoms with E-state index in [4.69, 9.17) is 5.73 Å². The Morgan fingerprint density at radius 2 is 2.00 bits per heavy atom. The third kappa shape index (κ3) is 2.76. The Morgan fingerprint density at radius 1 is 1.29 bits per heavy atom. The summed E-state index contributed by atoms with van der Waals surface area (Å²) < 4.78 is 1.21. The molecule has 0 radical (unpaired) electrons. The molecule has 17 heavy (non-hydrogen) atoms. The second-order valence-electron chi connectivity index (χ2n) is 4.41. The molecular weight excluding hydrogens is 230 g/mol. The van der Waals surface area contributed by atoms with E-state index >= 15 is 0 Å². The van der Waals surface area contributed by atoms with Gasteiger partial charge in [0.05, 0.1) is 10.2 Å². The zero-order valence-electron chi connectivity index (χ0n) is 10.4. The maximum Gasteiger partial charge on any atom is 0.183 e. The average molecular weight is 249 g/mol. The standard InChI is InChI=1S/C13H19N3S/c1-3-13(14,4-2)9-15-12-16-10-7-5-6-8-11(10)17-12/h5-8H,3-4,9,14H2,1-2H3,(H,15,16). The van der Waals surface area contributed by atoms with E-state index in [1.165, 1.54) is 4.70 Å². The van der Waals surface area contributed by atoms with E-state index in [-0.39, 0.29) is 5.54 Å². The fraction of sp³-hybridized carbons (Fsp3) is 0.462. The fourth-order valence-corrected chi connectivity index (χ4v) is 2.56. The molecule has 2 rings (SSSR count). The molecule has 0 aliphatic rings. The third-order valence-electron chi connectivity index (χ3n) is 3.29. The van der Waals surface area contributed by atoms with Crippen LogP contribution in [-0.2, 0) is 0 Å². The van der Waals surface area contributed by atoms with E-state index < -0.39 is 0 Å². The van der Waals surface area contributed by atoms with Gasteiger partial charge in [0, 0.05) is 12.1 Å². The Balaban J connectivity index is 2.09. The minimum absolute atomic E-state index is 0.127. The molecule has 0 unspecified atom stereocenters. The van der Waals surface area contributed by atoms with Crippen molar-refractivity contribution >= 4 is 26.7 Å². The number of nitrogens with one attached hydrogen (secondary N) is 1. The van der Waals surface area contributed by atoms with Gasteiger partial charge in [-0.2, -0.15) is 0 Å². The maximum absolute atomic E-state index is 6.25. The lowest BCUT2D eigenvalue weighted by atomic mass is 9.94. The molecule has 2 aromatic rings. The van der Waals surface area contributed by atoms with Crippen LogP contribution in [-0.4, -0.2) is 17.1 Å². The molecule has 0 fully saturated rings. The second-order valence-corrected chi connectivity index (χ2v) is 5.44. The van der Waals surface area contributed by atoms with E-state index in [2.05, 4.69) is 30.2 Å². The monoisotopic (exact) mass is 249 g/mol. The Labute approximate surface area is 106 Å². The van der Waals surface area contributed by atoms with Crippen LogP contribution >= 0.6 is 11.3 Å². The largest absolute Gasteiger partial charge is 0.360 e. The molecule has 0 atom stereocenters. The lowest BCUT2D eigenvalue weighted by Crippen LogP contribution is -2.45. The number of hydrogen-bond acceptors (Lipinski definition) is 4. The predicted octanol–water partition coefficient (Wildman–Crippen LogP) is 3.23. The van der Waals surface area contributed by atoms with Crippen LogP contribution in [0.4, 0.5) is 5.13 Å². The van der Waals surface area contributed by atoms with Gasteiger partial charge in [-0.1, -0.05) is 37.3 Å². The van der Waals surface area contributed by atoms with Crippen molar-refractivity contribution in [1.29, 1.82) is 0 Å². The molecule has 1 aromatic carbocycles. The molecule has 3 nitrogen and oxygen atoms in total. The molecule has 92 valence electrons. The van der Waals surface area contributed by atoms with E-state index in [9.17, 15) is 0 Å². The topological polar surface area (TPSA) is 50.9 Å². The quantitative estimate of drug-likeness (QED) is 0.855. The van der Waals surface area contributed by atoms with Crippen LogP contribution in [0.1, 0.15) is 26.7 Å². The summed E-state index contributed by atoms with van der Waals surface area (Å²) >= 11 is 1.68. The molecule has 0 spiro atoms. The fourth-order valence-electron chi connectivity index (χ4n) is 1.70. The van der Waals surface area contributed by atoms with Gasteiger partial charge in [0.15, 0.2) is 5.13 Å². The molecule has 3 N–H and O–H groups in total. The highest BCUT2D eigenvalue weighted by Crippen LogP contribution is 2.26. The first kappa shape index (κ1) is 12.3. The summed E-state index contributed by atoms with van der Waals surface area (Å²) in [5.41, 5.74) is 7.18. The summed E-state index contributed by atoms with van der Waals surface area (Å²) in [5.74, 6) is 0. The summed E-state index contributed by atoms with van der Waals surface area (Å²) in [6.07, 6.45) is 1.95. The van der Waals surface area contributed by atoms with Gasteiger partial charge in [-0.25, -0.2) is 4.98 Å². The van der Waals surface area contributed by atoms with Crippen molar-refractivity contribution in [3.05, 3.63) is 24.3 Å². The van der Waals surface area contributed by atoms with Crippen LogP contribution in [0, 0.1) is 0 Å². The van der Waals surface area contributed by atoms with Gasteiger partial charge in [0.1, 0.15) is 0 Å². The number of anilines is 1. The minimum atomic E-state index is -0.127. The molecule has 1 heterocycles. The van der Waals surface area contributed by atoms with E-state index in [1.807, 2.05) is 18.2 Å². The summed E-state index contributed by atoms with van der Waals surface area (Å²) in [7, 11) is 0. The summed E-state index contributed by atoms with van der Waals surface area (Å²) in [4.78, 5) is 4.54. The van der Waals surface area contributed by atoms with E-state index in [0.717, 1.165) is 30.0 Å². The highest BCUT2D eigenvalue weighted by molar-refractivity contribution is 7.22. The molecule has 4 heteroatoms. The van der Waals surface area contributed by atoms with Crippen molar-refractivity contribution in [3.63, 3.8) is 0 Å². The number of nitrogens with two attached hydrogens (primary N) is 1. The normalized spacial score (nSPS) is 11.9. The van der Waals surface area contributed by atoms with Gasteiger partial charge in [-0.3, -0.25) is 0 Å². The number of para-hydroxylation sites is 1. The molecular formula is C13H19N3S. The molecule has 0 saturated carbocycles. The van der Waals surface area contributed by atoms with Gasteiger partial charge in [-0.15, -0.1) is 0 Å². The van der Waals surface area contributed by atoms with Gasteiger partial charge in [-0.05, 0) is 25.0 Å². The van der Waals surface area contributed by atoms with Crippen LogP contribution in [0.25, 0.3) is 10.2 Å². The van der Waals surface area contributed by atoms with Crippen LogP contribution in [0.2, 0.25) is 0 Å². The Hall–Kier alpha value is -1.13. The Bertz CT molecular complexity index is 455. The molecule has 1 aromatic heterocycles. The minimum Gasteiger partial charge on any atom is -0.360 e. The first-order valence-corrected chi connectivity index (χ1v) is 6.87. The zero-order valence-corrected chi connectivity index (χ0v) is 11.2. The van der Waals surface area contributed by atoms with Crippen LogP contribution < -0.4 is 11.1 Å². The van der Waals surface area contributed by atoms with Crippen molar-refractivity contribution in [2.75, 3.05) is 11.9 Å². The van der Waals surface area contributed by atoms with Crippen LogP contribution in [0.3, 0.4) is 0 Å². The Morgan fingerprint density at radius 3 is 2.65 bits per heavy atom. The second kappa shape index (κ2) is 5.02. The number of rotatable bonds is 5. The number of nitrogens with zero attached hydrogens (tertiary/aromatic N) is 1. The molecule has 0 bridgehead atoms. The number of fused-ring (bicyclic) bond motifs is 1. The smallest absolute Gasteiger partial charge is 0.183 e. The lowest BCUT2D eigenvalue weighted by Gasteiger charge is -2.26. The first-order valence-electron chi connectivity index (χ1n) is 6.05. The van der Waals surface area contributed by atoms with Gasteiger partial charge >= 0.3 is 0 Å².